The van der Waals surface area contributed by atoms with E-state index >= 15 is 0 Å². The zero-order chi connectivity index (χ0) is 33.3. The van der Waals surface area contributed by atoms with Crippen molar-refractivity contribution in [3.63, 3.8) is 0 Å². The minimum atomic E-state index is -1.94. The van der Waals surface area contributed by atoms with E-state index in [1.165, 1.54) is 0 Å². The van der Waals surface area contributed by atoms with Crippen LogP contribution in [0.2, 0.25) is 0 Å². The molecule has 4 heterocycles. The van der Waals surface area contributed by atoms with Crippen molar-refractivity contribution in [3.05, 3.63) is 0 Å². The SMILES string of the molecule is OCC1OC(OCC2OC(OCC3OC(OC4OC(CO)C(O)C(O)C4O)C(O)C(O)C3O)C(O)C(O)C2O)C(O)C(O)C1O. The fourth-order valence-corrected chi connectivity index (χ4v) is 5.26. The van der Waals surface area contributed by atoms with Crippen LogP contribution in [-0.2, 0) is 33.2 Å². The van der Waals surface area contributed by atoms with Crippen molar-refractivity contribution in [2.24, 2.45) is 0 Å². The van der Waals surface area contributed by atoms with E-state index in [1.807, 2.05) is 0 Å². The van der Waals surface area contributed by atoms with Crippen LogP contribution < -0.4 is 0 Å². The zero-order valence-corrected chi connectivity index (χ0v) is 23.5. The van der Waals surface area contributed by atoms with Crippen molar-refractivity contribution in [3.8, 4) is 0 Å². The molecule has 0 saturated carbocycles. The predicted octanol–water partition coefficient (Wildman–Crippen LogP) is -9.75. The molecule has 0 amide bonds. The van der Waals surface area contributed by atoms with Crippen LogP contribution in [0.4, 0.5) is 0 Å². The van der Waals surface area contributed by atoms with E-state index in [9.17, 15) is 71.5 Å². The molecule has 21 heteroatoms. The average molecular weight is 667 g/mol. The third-order valence-corrected chi connectivity index (χ3v) is 8.15. The summed E-state index contributed by atoms with van der Waals surface area (Å²) in [6, 6.07) is 0. The van der Waals surface area contributed by atoms with Gasteiger partial charge in [0.05, 0.1) is 26.4 Å². The first-order valence-electron chi connectivity index (χ1n) is 14.1. The maximum absolute atomic E-state index is 10.5. The molecule has 20 atom stereocenters. The molecule has 0 spiro atoms. The first kappa shape index (κ1) is 37.0. The molecule has 0 aromatic rings. The second-order valence-electron chi connectivity index (χ2n) is 11.2. The molecule has 264 valence electrons. The fraction of sp³-hybridized carbons (Fsp3) is 1.00. The monoisotopic (exact) mass is 666 g/mol. The summed E-state index contributed by atoms with van der Waals surface area (Å²) in [4.78, 5) is 0. The van der Waals surface area contributed by atoms with Crippen molar-refractivity contribution < 1.29 is 105 Å². The molecule has 4 rings (SSSR count). The second kappa shape index (κ2) is 15.6. The van der Waals surface area contributed by atoms with Crippen LogP contribution in [0.5, 0.6) is 0 Å². The summed E-state index contributed by atoms with van der Waals surface area (Å²) in [7, 11) is 0. The molecule has 0 radical (unpaired) electrons. The van der Waals surface area contributed by atoms with Crippen LogP contribution >= 0.6 is 0 Å². The van der Waals surface area contributed by atoms with Crippen LogP contribution in [0, 0.1) is 0 Å². The van der Waals surface area contributed by atoms with Gasteiger partial charge in [-0.2, -0.15) is 0 Å². The van der Waals surface area contributed by atoms with Gasteiger partial charge < -0.3 is 105 Å². The van der Waals surface area contributed by atoms with E-state index in [0.29, 0.717) is 0 Å². The fourth-order valence-electron chi connectivity index (χ4n) is 5.26. The van der Waals surface area contributed by atoms with Crippen molar-refractivity contribution in [2.75, 3.05) is 26.4 Å². The summed E-state index contributed by atoms with van der Waals surface area (Å²) in [6.45, 7) is -2.88. The van der Waals surface area contributed by atoms with Gasteiger partial charge in [0.2, 0.25) is 0 Å². The lowest BCUT2D eigenvalue weighted by molar-refractivity contribution is -0.381. The predicted molar refractivity (Wildman–Crippen MR) is 134 cm³/mol. The van der Waals surface area contributed by atoms with Crippen LogP contribution in [0.15, 0.2) is 0 Å². The Hall–Kier alpha value is -0.840. The number of aliphatic hydroxyl groups excluding tert-OH is 14. The quantitative estimate of drug-likeness (QED) is 0.103. The molecule has 0 aromatic carbocycles. The molecule has 4 saturated heterocycles. The van der Waals surface area contributed by atoms with E-state index in [4.69, 9.17) is 33.2 Å². The Morgan fingerprint density at radius 2 is 0.600 bits per heavy atom. The first-order chi connectivity index (χ1) is 21.2. The largest absolute Gasteiger partial charge is 0.394 e. The smallest absolute Gasteiger partial charge is 0.189 e. The van der Waals surface area contributed by atoms with Crippen LogP contribution in [0.1, 0.15) is 0 Å². The Balaban J connectivity index is 1.36. The molecule has 4 aliphatic rings. The zero-order valence-electron chi connectivity index (χ0n) is 23.5. The normalized spacial score (nSPS) is 52.9. The number of hydrogen-bond acceptors (Lipinski definition) is 21. The van der Waals surface area contributed by atoms with Gasteiger partial charge in [-0.25, -0.2) is 0 Å². The molecule has 14 N–H and O–H groups in total. The molecular weight excluding hydrogens is 624 g/mol. The minimum absolute atomic E-state index is 0.643. The standard InChI is InChI=1S/C24H42O21/c25-1-5-9(27)13(31)17(35)21(41-5)39-3-7-11(29)15(33)18(36)22(43-7)40-4-8-12(30)16(34)20(38)24(44-8)45-23-19(37)14(32)10(28)6(2-26)42-23/h5-38H,1-4H2. The Morgan fingerprint density at radius 1 is 0.333 bits per heavy atom. The topological polar surface area (TPSA) is 348 Å². The highest BCUT2D eigenvalue weighted by Gasteiger charge is 2.51. The minimum Gasteiger partial charge on any atom is -0.394 e. The Kier molecular flexibility index (Phi) is 12.8. The van der Waals surface area contributed by atoms with Crippen LogP contribution in [0.3, 0.4) is 0 Å². The van der Waals surface area contributed by atoms with Gasteiger partial charge in [0.15, 0.2) is 25.2 Å². The van der Waals surface area contributed by atoms with E-state index in [2.05, 4.69) is 0 Å². The van der Waals surface area contributed by atoms with Gasteiger partial charge in [0.1, 0.15) is 97.7 Å². The lowest BCUT2D eigenvalue weighted by Gasteiger charge is -2.45. The highest BCUT2D eigenvalue weighted by Crippen LogP contribution is 2.30. The van der Waals surface area contributed by atoms with Gasteiger partial charge in [0, 0.05) is 0 Å². The van der Waals surface area contributed by atoms with Crippen molar-refractivity contribution >= 4 is 0 Å². The Morgan fingerprint density at radius 3 is 0.956 bits per heavy atom. The van der Waals surface area contributed by atoms with Crippen LogP contribution in [-0.4, -0.2) is 221 Å². The summed E-state index contributed by atoms with van der Waals surface area (Å²) in [5.41, 5.74) is 0. The van der Waals surface area contributed by atoms with E-state index in [0.717, 1.165) is 0 Å². The van der Waals surface area contributed by atoms with Gasteiger partial charge in [-0.05, 0) is 0 Å². The van der Waals surface area contributed by atoms with E-state index in [1.54, 1.807) is 0 Å². The molecule has 20 unspecified atom stereocenters. The van der Waals surface area contributed by atoms with Crippen molar-refractivity contribution in [1.82, 2.24) is 0 Å². The molecule has 0 aliphatic carbocycles. The van der Waals surface area contributed by atoms with E-state index < -0.39 is 149 Å². The van der Waals surface area contributed by atoms with Crippen molar-refractivity contribution in [2.45, 2.75) is 123 Å². The summed E-state index contributed by atoms with van der Waals surface area (Å²) in [6.07, 6.45) is -34.6. The maximum atomic E-state index is 10.5. The lowest BCUT2D eigenvalue weighted by Crippen LogP contribution is -2.64. The summed E-state index contributed by atoms with van der Waals surface area (Å²) in [5, 5.41) is 141. The molecule has 0 bridgehead atoms. The molecule has 21 nitrogen and oxygen atoms in total. The van der Waals surface area contributed by atoms with Crippen LogP contribution in [0.25, 0.3) is 0 Å². The number of hydrogen-bond donors (Lipinski definition) is 14. The maximum Gasteiger partial charge on any atom is 0.189 e. The third-order valence-electron chi connectivity index (χ3n) is 8.15. The summed E-state index contributed by atoms with van der Waals surface area (Å²) < 4.78 is 37.5. The number of ether oxygens (including phenoxy) is 7. The van der Waals surface area contributed by atoms with Gasteiger partial charge in [-0.1, -0.05) is 0 Å². The van der Waals surface area contributed by atoms with Gasteiger partial charge in [0.25, 0.3) is 0 Å². The molecule has 45 heavy (non-hydrogen) atoms. The number of rotatable bonds is 10. The molecule has 4 aliphatic heterocycles. The third kappa shape index (κ3) is 7.75. The van der Waals surface area contributed by atoms with Crippen molar-refractivity contribution in [1.29, 1.82) is 0 Å². The lowest BCUT2D eigenvalue weighted by atomic mass is 9.97. The molecular formula is C24H42O21. The summed E-state index contributed by atoms with van der Waals surface area (Å²) >= 11 is 0. The first-order valence-corrected chi connectivity index (χ1v) is 14.1. The molecule has 4 fully saturated rings. The number of aliphatic hydroxyl groups is 14. The highest BCUT2D eigenvalue weighted by atomic mass is 16.8. The van der Waals surface area contributed by atoms with Gasteiger partial charge >= 0.3 is 0 Å². The van der Waals surface area contributed by atoms with Gasteiger partial charge in [-0.3, -0.25) is 0 Å². The van der Waals surface area contributed by atoms with E-state index in [-0.39, 0.29) is 0 Å². The Bertz CT molecular complexity index is 914. The summed E-state index contributed by atoms with van der Waals surface area (Å²) in [5.74, 6) is 0. The Labute approximate surface area is 254 Å². The highest BCUT2D eigenvalue weighted by molar-refractivity contribution is 4.94. The molecule has 0 aromatic heterocycles. The second-order valence-corrected chi connectivity index (χ2v) is 11.2. The average Bonchev–Trinajstić information content (AvgIpc) is 3.03. The van der Waals surface area contributed by atoms with Gasteiger partial charge in [-0.15, -0.1) is 0 Å².